The van der Waals surface area contributed by atoms with Crippen LogP contribution in [0.5, 0.6) is 5.75 Å². The van der Waals surface area contributed by atoms with Gasteiger partial charge >= 0.3 is 0 Å². The Balaban J connectivity index is 1.44. The zero-order chi connectivity index (χ0) is 18.1. The van der Waals surface area contributed by atoms with Crippen molar-refractivity contribution in [2.24, 2.45) is 0 Å². The lowest BCUT2D eigenvalue weighted by atomic mass is 10.0. The average Bonchev–Trinajstić information content (AvgIpc) is 3.29. The Hall–Kier alpha value is -2.57. The van der Waals surface area contributed by atoms with E-state index in [1.807, 2.05) is 11.4 Å². The minimum Gasteiger partial charge on any atom is -0.619 e. The summed E-state index contributed by atoms with van der Waals surface area (Å²) in [5, 5.41) is 18.8. The van der Waals surface area contributed by atoms with E-state index in [1.54, 1.807) is 17.4 Å². The summed E-state index contributed by atoms with van der Waals surface area (Å²) < 4.78 is 6.51. The van der Waals surface area contributed by atoms with E-state index in [0.29, 0.717) is 34.0 Å². The van der Waals surface area contributed by atoms with Crippen LogP contribution in [0.4, 0.5) is 0 Å². The maximum absolute atomic E-state index is 12.2. The van der Waals surface area contributed by atoms with E-state index in [4.69, 9.17) is 16.3 Å². The Morgan fingerprint density at radius 2 is 2.27 bits per heavy atom. The summed E-state index contributed by atoms with van der Waals surface area (Å²) in [7, 11) is 0. The number of nitrogens with one attached hydrogen (secondary N) is 1. The normalized spacial score (nSPS) is 15.3. The summed E-state index contributed by atoms with van der Waals surface area (Å²) in [5.41, 5.74) is 3.55. The van der Waals surface area contributed by atoms with Crippen molar-refractivity contribution in [2.45, 2.75) is 12.5 Å². The highest BCUT2D eigenvalue weighted by atomic mass is 35.5. The SMILES string of the molecule is O=C(NC[C@@H]1Cc2cc(-c3ccsc3)cc(Cl)c2O1)c1ccc[n+]([O-])c1. The van der Waals surface area contributed by atoms with Crippen LogP contribution in [0.15, 0.2) is 53.5 Å². The van der Waals surface area contributed by atoms with Crippen molar-refractivity contribution in [2.75, 3.05) is 6.54 Å². The molecule has 1 aromatic carbocycles. The largest absolute Gasteiger partial charge is 0.619 e. The smallest absolute Gasteiger partial charge is 0.257 e. The molecule has 1 aliphatic rings. The van der Waals surface area contributed by atoms with Crippen molar-refractivity contribution in [3.8, 4) is 16.9 Å². The van der Waals surface area contributed by atoms with Crippen molar-refractivity contribution >= 4 is 28.8 Å². The number of ether oxygens (including phenoxy) is 1. The van der Waals surface area contributed by atoms with Gasteiger partial charge < -0.3 is 15.3 Å². The number of benzene rings is 1. The van der Waals surface area contributed by atoms with Crippen molar-refractivity contribution in [3.63, 3.8) is 0 Å². The first-order valence-corrected chi connectivity index (χ1v) is 9.41. The Kier molecular flexibility index (Phi) is 4.53. The highest BCUT2D eigenvalue weighted by molar-refractivity contribution is 7.08. The Morgan fingerprint density at radius 1 is 1.38 bits per heavy atom. The maximum Gasteiger partial charge on any atom is 0.257 e. The number of hydrogen-bond acceptors (Lipinski definition) is 4. The second kappa shape index (κ2) is 6.97. The van der Waals surface area contributed by atoms with E-state index in [2.05, 4.69) is 22.8 Å². The molecule has 7 heteroatoms. The van der Waals surface area contributed by atoms with Gasteiger partial charge in [0.1, 0.15) is 17.4 Å². The predicted octanol–water partition coefficient (Wildman–Crippen LogP) is 3.44. The zero-order valence-electron chi connectivity index (χ0n) is 13.6. The summed E-state index contributed by atoms with van der Waals surface area (Å²) >= 11 is 8.03. The minimum atomic E-state index is -0.306. The number of pyridine rings is 1. The number of thiophene rings is 1. The molecule has 5 nitrogen and oxygen atoms in total. The van der Waals surface area contributed by atoms with Crippen LogP contribution in [-0.4, -0.2) is 18.6 Å². The molecule has 0 unspecified atom stereocenters. The summed E-state index contributed by atoms with van der Waals surface area (Å²) in [6.07, 6.45) is 3.06. The molecule has 2 aromatic heterocycles. The molecule has 0 fully saturated rings. The van der Waals surface area contributed by atoms with Gasteiger partial charge in [-0.1, -0.05) is 11.6 Å². The number of carbonyl (C=O) groups is 1. The zero-order valence-corrected chi connectivity index (χ0v) is 15.2. The molecule has 0 radical (unpaired) electrons. The van der Waals surface area contributed by atoms with Gasteiger partial charge in [0, 0.05) is 18.1 Å². The molecular formula is C19H15ClN2O3S. The Bertz CT molecular complexity index is 959. The summed E-state index contributed by atoms with van der Waals surface area (Å²) in [6.45, 7) is 0.339. The molecule has 4 rings (SSSR count). The molecule has 3 aromatic rings. The number of carbonyl (C=O) groups excluding carboxylic acids is 1. The number of hydrogen-bond donors (Lipinski definition) is 1. The fourth-order valence-corrected chi connectivity index (χ4v) is 3.94. The molecule has 0 bridgehead atoms. The van der Waals surface area contributed by atoms with Crippen molar-refractivity contribution < 1.29 is 14.3 Å². The van der Waals surface area contributed by atoms with Gasteiger partial charge in [0.2, 0.25) is 0 Å². The van der Waals surface area contributed by atoms with Gasteiger partial charge in [-0.15, -0.1) is 0 Å². The van der Waals surface area contributed by atoms with Gasteiger partial charge in [0.25, 0.3) is 5.91 Å². The topological polar surface area (TPSA) is 65.3 Å². The molecular weight excluding hydrogens is 372 g/mol. The Labute approximate surface area is 159 Å². The van der Waals surface area contributed by atoms with Gasteiger partial charge in [-0.3, -0.25) is 4.79 Å². The molecule has 1 amide bonds. The monoisotopic (exact) mass is 386 g/mol. The molecule has 0 aliphatic carbocycles. The molecule has 26 heavy (non-hydrogen) atoms. The molecule has 0 spiro atoms. The van der Waals surface area contributed by atoms with Crippen molar-refractivity contribution in [1.82, 2.24) is 5.32 Å². The van der Waals surface area contributed by atoms with Crippen LogP contribution in [0.2, 0.25) is 5.02 Å². The molecule has 1 aliphatic heterocycles. The number of amides is 1. The molecule has 1 N–H and O–H groups in total. The van der Waals surface area contributed by atoms with E-state index >= 15 is 0 Å². The summed E-state index contributed by atoms with van der Waals surface area (Å²) in [6, 6.07) is 9.18. The number of aromatic nitrogens is 1. The predicted molar refractivity (Wildman–Crippen MR) is 101 cm³/mol. The lowest BCUT2D eigenvalue weighted by molar-refractivity contribution is -0.605. The highest BCUT2D eigenvalue weighted by Crippen LogP contribution is 2.39. The highest BCUT2D eigenvalue weighted by Gasteiger charge is 2.26. The Morgan fingerprint density at radius 3 is 3.04 bits per heavy atom. The van der Waals surface area contributed by atoms with Crippen LogP contribution in [-0.2, 0) is 6.42 Å². The van der Waals surface area contributed by atoms with Crippen LogP contribution in [0.1, 0.15) is 15.9 Å². The quantitative estimate of drug-likeness (QED) is 0.551. The maximum atomic E-state index is 12.2. The minimum absolute atomic E-state index is 0.188. The van der Waals surface area contributed by atoms with E-state index < -0.39 is 0 Å². The van der Waals surface area contributed by atoms with E-state index in [9.17, 15) is 10.0 Å². The fraction of sp³-hybridized carbons (Fsp3) is 0.158. The average molecular weight is 387 g/mol. The molecule has 3 heterocycles. The van der Waals surface area contributed by atoms with Crippen LogP contribution in [0, 0.1) is 5.21 Å². The second-order valence-corrected chi connectivity index (χ2v) is 7.25. The van der Waals surface area contributed by atoms with Gasteiger partial charge in [0.15, 0.2) is 12.4 Å². The van der Waals surface area contributed by atoms with Crippen molar-refractivity contribution in [1.29, 1.82) is 0 Å². The summed E-state index contributed by atoms with van der Waals surface area (Å²) in [4.78, 5) is 12.2. The molecule has 0 saturated carbocycles. The number of nitrogens with zero attached hydrogens (tertiary/aromatic N) is 1. The first-order valence-electron chi connectivity index (χ1n) is 8.09. The summed E-state index contributed by atoms with van der Waals surface area (Å²) in [5.74, 6) is 0.377. The molecule has 1 atom stereocenters. The van der Waals surface area contributed by atoms with Crippen LogP contribution < -0.4 is 14.8 Å². The lowest BCUT2D eigenvalue weighted by Gasteiger charge is -2.12. The first-order chi connectivity index (χ1) is 12.6. The van der Waals surface area contributed by atoms with Gasteiger partial charge in [-0.2, -0.15) is 16.1 Å². The first kappa shape index (κ1) is 16.9. The van der Waals surface area contributed by atoms with Crippen molar-refractivity contribution in [3.05, 3.63) is 74.8 Å². The molecule has 132 valence electrons. The third kappa shape index (κ3) is 3.38. The van der Waals surface area contributed by atoms with E-state index in [0.717, 1.165) is 16.7 Å². The number of fused-ring (bicyclic) bond motifs is 1. The third-order valence-electron chi connectivity index (χ3n) is 4.23. The number of rotatable bonds is 4. The fourth-order valence-electron chi connectivity index (χ4n) is 2.99. The number of halogens is 1. The third-order valence-corrected chi connectivity index (χ3v) is 5.20. The van der Waals surface area contributed by atoms with Gasteiger partial charge in [-0.05, 0) is 46.2 Å². The van der Waals surface area contributed by atoms with Crippen LogP contribution >= 0.6 is 22.9 Å². The van der Waals surface area contributed by atoms with Gasteiger partial charge in [0.05, 0.1) is 11.6 Å². The second-order valence-electron chi connectivity index (χ2n) is 6.06. The van der Waals surface area contributed by atoms with E-state index in [1.165, 1.54) is 18.5 Å². The van der Waals surface area contributed by atoms with Crippen LogP contribution in [0.25, 0.3) is 11.1 Å². The standard InChI is InChI=1S/C19H15ClN2O3S/c20-17-8-14(13-3-5-26-11-13)6-15-7-16(25-18(15)17)9-21-19(23)12-2-1-4-22(24)10-12/h1-6,8,10-11,16H,7,9H2,(H,21,23)/t16-/m0/s1. The van der Waals surface area contributed by atoms with Crippen LogP contribution in [0.3, 0.4) is 0 Å². The lowest BCUT2D eigenvalue weighted by Crippen LogP contribution is -2.36. The van der Waals surface area contributed by atoms with E-state index in [-0.39, 0.29) is 12.0 Å². The van der Waals surface area contributed by atoms with Gasteiger partial charge in [-0.25, -0.2) is 0 Å². The molecule has 0 saturated heterocycles.